The van der Waals surface area contributed by atoms with Crippen molar-refractivity contribution in [3.05, 3.63) is 11.9 Å². The summed E-state index contributed by atoms with van der Waals surface area (Å²) < 4.78 is 7.32. The molecule has 2 N–H and O–H groups in total. The third-order valence-corrected chi connectivity index (χ3v) is 3.89. The van der Waals surface area contributed by atoms with Crippen LogP contribution in [0.2, 0.25) is 0 Å². The summed E-state index contributed by atoms with van der Waals surface area (Å²) >= 11 is 0. The molecule has 94 valence electrons. The van der Waals surface area contributed by atoms with Gasteiger partial charge in [-0.2, -0.15) is 5.10 Å². The summed E-state index contributed by atoms with van der Waals surface area (Å²) in [6.07, 6.45) is 4.41. The molecule has 5 heteroatoms. The molecule has 0 radical (unpaired) electrons. The average molecular weight is 236 g/mol. The van der Waals surface area contributed by atoms with Gasteiger partial charge in [-0.05, 0) is 26.3 Å². The lowest BCUT2D eigenvalue weighted by molar-refractivity contribution is -0.0757. The van der Waals surface area contributed by atoms with E-state index in [0.717, 1.165) is 31.1 Å². The Labute approximate surface area is 102 Å². The molecule has 5 nitrogen and oxygen atoms in total. The molecule has 3 heterocycles. The van der Waals surface area contributed by atoms with E-state index in [2.05, 4.69) is 14.7 Å². The normalized spacial score (nSPS) is 27.0. The van der Waals surface area contributed by atoms with Gasteiger partial charge in [0, 0.05) is 12.7 Å². The molecule has 1 aromatic rings. The van der Waals surface area contributed by atoms with Gasteiger partial charge < -0.3 is 10.5 Å². The van der Waals surface area contributed by atoms with Crippen LogP contribution >= 0.6 is 0 Å². The number of hydrogen-bond donors (Lipinski definition) is 1. The Bertz CT molecular complexity index is 380. The fourth-order valence-corrected chi connectivity index (χ4v) is 2.65. The van der Waals surface area contributed by atoms with E-state index in [9.17, 15) is 0 Å². The highest BCUT2D eigenvalue weighted by molar-refractivity contribution is 5.39. The zero-order chi connectivity index (χ0) is 11.8. The van der Waals surface area contributed by atoms with Crippen LogP contribution < -0.4 is 5.73 Å². The van der Waals surface area contributed by atoms with Gasteiger partial charge in [0.15, 0.2) is 0 Å². The summed E-state index contributed by atoms with van der Waals surface area (Å²) in [6.45, 7) is 6.03. The first-order valence-corrected chi connectivity index (χ1v) is 6.37. The predicted octanol–water partition coefficient (Wildman–Crippen LogP) is 0.809. The highest BCUT2D eigenvalue weighted by atomic mass is 16.5. The third-order valence-electron chi connectivity index (χ3n) is 3.89. The van der Waals surface area contributed by atoms with Crippen molar-refractivity contribution in [3.63, 3.8) is 0 Å². The van der Waals surface area contributed by atoms with E-state index in [-0.39, 0.29) is 0 Å². The molecule has 3 rings (SSSR count). The molecule has 0 bridgehead atoms. The number of rotatable bonds is 2. The molecule has 2 aliphatic rings. The Kier molecular flexibility index (Phi) is 2.80. The maximum atomic E-state index is 5.86. The second-order valence-corrected chi connectivity index (χ2v) is 5.13. The third kappa shape index (κ3) is 2.05. The van der Waals surface area contributed by atoms with Gasteiger partial charge in [-0.3, -0.25) is 9.58 Å². The highest BCUT2D eigenvalue weighted by Crippen LogP contribution is 2.25. The molecular formula is C12H20N4O. The van der Waals surface area contributed by atoms with Gasteiger partial charge in [0.05, 0.1) is 36.7 Å². The van der Waals surface area contributed by atoms with Gasteiger partial charge in [-0.25, -0.2) is 0 Å². The van der Waals surface area contributed by atoms with E-state index in [0.29, 0.717) is 12.1 Å². The maximum Gasteiger partial charge on any atom is 0.0823 e. The Morgan fingerprint density at radius 2 is 2.24 bits per heavy atom. The van der Waals surface area contributed by atoms with E-state index in [4.69, 9.17) is 10.5 Å². The molecule has 17 heavy (non-hydrogen) atoms. The summed E-state index contributed by atoms with van der Waals surface area (Å²) in [4.78, 5) is 2.53. The van der Waals surface area contributed by atoms with Crippen molar-refractivity contribution in [2.45, 2.75) is 31.8 Å². The van der Waals surface area contributed by atoms with E-state index in [1.54, 1.807) is 0 Å². The Hall–Kier alpha value is -1.07. The molecule has 0 saturated carbocycles. The van der Waals surface area contributed by atoms with Crippen LogP contribution in [0.1, 0.15) is 24.6 Å². The minimum absolute atomic E-state index is 0.473. The summed E-state index contributed by atoms with van der Waals surface area (Å²) in [5.74, 6) is 0. The predicted molar refractivity (Wildman–Crippen MR) is 65.8 cm³/mol. The largest absolute Gasteiger partial charge is 0.396 e. The van der Waals surface area contributed by atoms with Crippen molar-refractivity contribution >= 4 is 5.69 Å². The standard InChI is InChI=1S/C12H20N4O/c1-9-12(13)6-16(14-9)10-3-2-4-15(5-10)11-7-17-8-11/h6,10-11H,2-5,7-8,13H2,1H3/t10-/m0/s1. The van der Waals surface area contributed by atoms with Crippen molar-refractivity contribution in [2.24, 2.45) is 0 Å². The van der Waals surface area contributed by atoms with Gasteiger partial charge in [0.2, 0.25) is 0 Å². The SMILES string of the molecule is Cc1nn([C@H]2CCCN(C3COC3)C2)cc1N. The number of nitrogen functional groups attached to an aromatic ring is 1. The van der Waals surface area contributed by atoms with Crippen LogP contribution in [-0.2, 0) is 4.74 Å². The lowest BCUT2D eigenvalue weighted by atomic mass is 10.0. The molecule has 0 aromatic carbocycles. The van der Waals surface area contributed by atoms with Crippen LogP contribution in [-0.4, -0.2) is 47.0 Å². The molecule has 1 atom stereocenters. The molecule has 0 aliphatic carbocycles. The van der Waals surface area contributed by atoms with E-state index < -0.39 is 0 Å². The number of hydrogen-bond acceptors (Lipinski definition) is 4. The number of ether oxygens (including phenoxy) is 1. The molecule has 2 saturated heterocycles. The lowest BCUT2D eigenvalue weighted by Crippen LogP contribution is -2.52. The Balaban J connectivity index is 1.70. The number of piperidine rings is 1. The van der Waals surface area contributed by atoms with Crippen LogP contribution in [0.3, 0.4) is 0 Å². The molecule has 0 unspecified atom stereocenters. The molecule has 2 aliphatic heterocycles. The first-order valence-electron chi connectivity index (χ1n) is 6.37. The van der Waals surface area contributed by atoms with E-state index in [1.165, 1.54) is 19.4 Å². The molecular weight excluding hydrogens is 216 g/mol. The lowest BCUT2D eigenvalue weighted by Gasteiger charge is -2.42. The summed E-state index contributed by atoms with van der Waals surface area (Å²) in [5.41, 5.74) is 7.60. The number of anilines is 1. The second kappa shape index (κ2) is 4.31. The van der Waals surface area contributed by atoms with Gasteiger partial charge >= 0.3 is 0 Å². The number of nitrogens with two attached hydrogens (primary N) is 1. The Morgan fingerprint density at radius 1 is 1.41 bits per heavy atom. The fraction of sp³-hybridized carbons (Fsp3) is 0.750. The van der Waals surface area contributed by atoms with Crippen molar-refractivity contribution in [1.82, 2.24) is 14.7 Å². The summed E-state index contributed by atoms with van der Waals surface area (Å²) in [7, 11) is 0. The van der Waals surface area contributed by atoms with Crippen LogP contribution in [0.15, 0.2) is 6.20 Å². The monoisotopic (exact) mass is 236 g/mol. The Morgan fingerprint density at radius 3 is 2.82 bits per heavy atom. The first kappa shape index (κ1) is 11.0. The minimum atomic E-state index is 0.473. The van der Waals surface area contributed by atoms with Crippen LogP contribution in [0, 0.1) is 6.92 Å². The van der Waals surface area contributed by atoms with Crippen LogP contribution in [0.5, 0.6) is 0 Å². The summed E-state index contributed by atoms with van der Waals surface area (Å²) in [5, 5.41) is 4.51. The number of aromatic nitrogens is 2. The fourth-order valence-electron chi connectivity index (χ4n) is 2.65. The van der Waals surface area contributed by atoms with Crippen LogP contribution in [0.4, 0.5) is 5.69 Å². The van der Waals surface area contributed by atoms with Crippen LogP contribution in [0.25, 0.3) is 0 Å². The minimum Gasteiger partial charge on any atom is -0.396 e. The smallest absolute Gasteiger partial charge is 0.0823 e. The van der Waals surface area contributed by atoms with Crippen molar-refractivity contribution in [1.29, 1.82) is 0 Å². The van der Waals surface area contributed by atoms with Gasteiger partial charge in [-0.15, -0.1) is 0 Å². The van der Waals surface area contributed by atoms with Gasteiger partial charge in [-0.1, -0.05) is 0 Å². The number of likely N-dealkylation sites (tertiary alicyclic amines) is 1. The molecule has 2 fully saturated rings. The molecule has 0 amide bonds. The van der Waals surface area contributed by atoms with Gasteiger partial charge in [0.1, 0.15) is 0 Å². The number of aryl methyl sites for hydroxylation is 1. The van der Waals surface area contributed by atoms with E-state index >= 15 is 0 Å². The molecule has 0 spiro atoms. The van der Waals surface area contributed by atoms with Crippen molar-refractivity contribution in [3.8, 4) is 0 Å². The number of nitrogens with zero attached hydrogens (tertiary/aromatic N) is 3. The van der Waals surface area contributed by atoms with E-state index in [1.807, 2.05) is 13.1 Å². The highest BCUT2D eigenvalue weighted by Gasteiger charge is 2.31. The zero-order valence-corrected chi connectivity index (χ0v) is 10.3. The quantitative estimate of drug-likeness (QED) is 0.825. The molecule has 1 aromatic heterocycles. The van der Waals surface area contributed by atoms with Crippen molar-refractivity contribution in [2.75, 3.05) is 32.0 Å². The summed E-state index contributed by atoms with van der Waals surface area (Å²) in [6, 6.07) is 1.10. The average Bonchev–Trinajstić information content (AvgIpc) is 2.57. The first-order chi connectivity index (χ1) is 8.24. The maximum absolute atomic E-state index is 5.86. The van der Waals surface area contributed by atoms with Crippen molar-refractivity contribution < 1.29 is 4.74 Å². The second-order valence-electron chi connectivity index (χ2n) is 5.13. The van der Waals surface area contributed by atoms with Gasteiger partial charge in [0.25, 0.3) is 0 Å². The zero-order valence-electron chi connectivity index (χ0n) is 10.3. The topological polar surface area (TPSA) is 56.3 Å².